The molecule has 0 saturated carbocycles. The molecule has 0 unspecified atom stereocenters. The minimum Gasteiger partial charge on any atom is -0.493 e. The molecule has 0 bridgehead atoms. The van der Waals surface area contributed by atoms with Crippen molar-refractivity contribution in [1.29, 1.82) is 0 Å². The van der Waals surface area contributed by atoms with Gasteiger partial charge in [-0.25, -0.2) is 9.67 Å². The number of aromatic amines is 1. The summed E-state index contributed by atoms with van der Waals surface area (Å²) in [6, 6.07) is 23.0. The van der Waals surface area contributed by atoms with E-state index in [2.05, 4.69) is 15.3 Å². The van der Waals surface area contributed by atoms with Crippen molar-refractivity contribution in [2.75, 3.05) is 20.8 Å². The molecule has 0 fully saturated rings. The third-order valence-corrected chi connectivity index (χ3v) is 5.72. The summed E-state index contributed by atoms with van der Waals surface area (Å²) >= 11 is 0. The van der Waals surface area contributed by atoms with Crippen molar-refractivity contribution in [2.24, 2.45) is 0 Å². The monoisotopic (exact) mass is 467 g/mol. The van der Waals surface area contributed by atoms with Gasteiger partial charge < -0.3 is 19.8 Å². The van der Waals surface area contributed by atoms with Gasteiger partial charge >= 0.3 is 0 Å². The molecule has 0 saturated heterocycles. The van der Waals surface area contributed by atoms with Gasteiger partial charge in [0.15, 0.2) is 11.5 Å². The number of rotatable bonds is 8. The van der Waals surface area contributed by atoms with Crippen molar-refractivity contribution in [2.45, 2.75) is 6.42 Å². The molecule has 176 valence electrons. The molecule has 2 aromatic heterocycles. The first kappa shape index (κ1) is 22.2. The van der Waals surface area contributed by atoms with Crippen molar-refractivity contribution >= 4 is 16.9 Å². The van der Waals surface area contributed by atoms with Crippen LogP contribution in [0.1, 0.15) is 16.2 Å². The lowest BCUT2D eigenvalue weighted by molar-refractivity contribution is 0.0954. The first-order valence-corrected chi connectivity index (χ1v) is 11.3. The second-order valence-electron chi connectivity index (χ2n) is 7.95. The molecule has 8 heteroatoms. The van der Waals surface area contributed by atoms with Gasteiger partial charge in [-0.2, -0.15) is 5.10 Å². The number of benzene rings is 3. The molecule has 35 heavy (non-hydrogen) atoms. The Labute approximate surface area is 202 Å². The van der Waals surface area contributed by atoms with Crippen LogP contribution >= 0.6 is 0 Å². The highest BCUT2D eigenvalue weighted by molar-refractivity contribution is 6.00. The third-order valence-electron chi connectivity index (χ3n) is 5.72. The summed E-state index contributed by atoms with van der Waals surface area (Å²) in [5, 5.41) is 7.75. The van der Waals surface area contributed by atoms with Crippen molar-refractivity contribution in [3.05, 3.63) is 90.4 Å². The molecule has 3 aromatic carbocycles. The molecular formula is C27H25N5O3. The second-order valence-corrected chi connectivity index (χ2v) is 7.95. The Hall–Kier alpha value is -4.59. The van der Waals surface area contributed by atoms with Crippen LogP contribution in [-0.2, 0) is 6.42 Å². The number of methoxy groups -OCH3 is 2. The number of hydrogen-bond donors (Lipinski definition) is 2. The Morgan fingerprint density at radius 2 is 1.74 bits per heavy atom. The van der Waals surface area contributed by atoms with Crippen molar-refractivity contribution in [3.8, 4) is 28.4 Å². The van der Waals surface area contributed by atoms with E-state index in [1.54, 1.807) is 31.2 Å². The van der Waals surface area contributed by atoms with Gasteiger partial charge in [0, 0.05) is 24.7 Å². The number of fused-ring (bicyclic) bond motifs is 1. The number of carbonyl (C=O) groups excluding carboxylic acids is 1. The van der Waals surface area contributed by atoms with E-state index in [0.717, 1.165) is 28.1 Å². The van der Waals surface area contributed by atoms with E-state index in [4.69, 9.17) is 14.6 Å². The zero-order valence-electron chi connectivity index (χ0n) is 19.5. The maximum atomic E-state index is 13.3. The van der Waals surface area contributed by atoms with E-state index in [0.29, 0.717) is 35.7 Å². The molecule has 0 aliphatic rings. The first-order valence-electron chi connectivity index (χ1n) is 11.3. The average Bonchev–Trinajstić information content (AvgIpc) is 3.53. The number of imidazole rings is 1. The molecule has 0 atom stereocenters. The summed E-state index contributed by atoms with van der Waals surface area (Å²) in [5.74, 6) is 1.78. The van der Waals surface area contributed by atoms with Gasteiger partial charge in [-0.05, 0) is 42.5 Å². The highest BCUT2D eigenvalue weighted by Gasteiger charge is 2.20. The molecule has 2 heterocycles. The molecule has 8 nitrogen and oxygen atoms in total. The summed E-state index contributed by atoms with van der Waals surface area (Å²) in [7, 11) is 3.17. The maximum Gasteiger partial charge on any atom is 0.255 e. The predicted octanol–water partition coefficient (Wildman–Crippen LogP) is 4.41. The second kappa shape index (κ2) is 9.72. The molecule has 0 aliphatic carbocycles. The number of amides is 1. The average molecular weight is 468 g/mol. The van der Waals surface area contributed by atoms with Crippen LogP contribution in [0.3, 0.4) is 0 Å². The third kappa shape index (κ3) is 4.59. The fourth-order valence-corrected chi connectivity index (χ4v) is 3.96. The number of nitrogens with one attached hydrogen (secondary N) is 2. The van der Waals surface area contributed by atoms with Crippen LogP contribution in [0.25, 0.3) is 28.0 Å². The predicted molar refractivity (Wildman–Crippen MR) is 134 cm³/mol. The quantitative estimate of drug-likeness (QED) is 0.353. The summed E-state index contributed by atoms with van der Waals surface area (Å²) in [4.78, 5) is 21.1. The van der Waals surface area contributed by atoms with E-state index < -0.39 is 0 Å². The molecule has 0 aliphatic heterocycles. The zero-order chi connectivity index (χ0) is 24.2. The van der Waals surface area contributed by atoms with Crippen LogP contribution in [0.5, 0.6) is 11.5 Å². The van der Waals surface area contributed by atoms with Crippen molar-refractivity contribution < 1.29 is 14.3 Å². The minimum atomic E-state index is -0.215. The molecule has 5 rings (SSSR count). The van der Waals surface area contributed by atoms with E-state index >= 15 is 0 Å². The SMILES string of the molecule is COc1ccc(-c2nn(-c3ccccc3)cc2C(=O)NCCc2nc3ccccc3[nH]2)cc1OC. The van der Waals surface area contributed by atoms with Crippen molar-refractivity contribution in [3.63, 3.8) is 0 Å². The minimum absolute atomic E-state index is 0.215. The highest BCUT2D eigenvalue weighted by Crippen LogP contribution is 2.33. The first-order chi connectivity index (χ1) is 17.2. The number of carbonyl (C=O) groups is 1. The summed E-state index contributed by atoms with van der Waals surface area (Å²) in [6.45, 7) is 0.431. The number of aromatic nitrogens is 4. The Morgan fingerprint density at radius 3 is 2.51 bits per heavy atom. The van der Waals surface area contributed by atoms with Crippen LogP contribution in [0.2, 0.25) is 0 Å². The Bertz CT molecular complexity index is 1440. The largest absolute Gasteiger partial charge is 0.493 e. The molecule has 0 spiro atoms. The Balaban J connectivity index is 1.42. The zero-order valence-corrected chi connectivity index (χ0v) is 19.5. The maximum absolute atomic E-state index is 13.3. The molecule has 2 N–H and O–H groups in total. The van der Waals surface area contributed by atoms with Crippen LogP contribution in [0, 0.1) is 0 Å². The van der Waals surface area contributed by atoms with Crippen LogP contribution in [-0.4, -0.2) is 46.4 Å². The van der Waals surface area contributed by atoms with Crippen LogP contribution in [0.4, 0.5) is 0 Å². The Kier molecular flexibility index (Phi) is 6.17. The van der Waals surface area contributed by atoms with Crippen LogP contribution < -0.4 is 14.8 Å². The molecule has 0 radical (unpaired) electrons. The number of para-hydroxylation sites is 3. The van der Waals surface area contributed by atoms with Gasteiger partial charge in [0.05, 0.1) is 36.5 Å². The molecule has 1 amide bonds. The number of ether oxygens (including phenoxy) is 2. The van der Waals surface area contributed by atoms with Gasteiger partial charge in [0.1, 0.15) is 11.5 Å². The Morgan fingerprint density at radius 1 is 0.971 bits per heavy atom. The summed E-state index contributed by atoms with van der Waals surface area (Å²) in [5.41, 5.74) is 4.51. The van der Waals surface area contributed by atoms with E-state index in [1.165, 1.54) is 0 Å². The lowest BCUT2D eigenvalue weighted by Crippen LogP contribution is -2.26. The lowest BCUT2D eigenvalue weighted by Gasteiger charge is -2.09. The fourth-order valence-electron chi connectivity index (χ4n) is 3.96. The molecule has 5 aromatic rings. The molecular weight excluding hydrogens is 442 g/mol. The lowest BCUT2D eigenvalue weighted by atomic mass is 10.1. The van der Waals surface area contributed by atoms with E-state index in [1.807, 2.05) is 66.7 Å². The van der Waals surface area contributed by atoms with Gasteiger partial charge in [-0.3, -0.25) is 4.79 Å². The summed E-state index contributed by atoms with van der Waals surface area (Å²) in [6.07, 6.45) is 2.33. The van der Waals surface area contributed by atoms with E-state index in [-0.39, 0.29) is 5.91 Å². The number of hydrogen-bond acceptors (Lipinski definition) is 5. The highest BCUT2D eigenvalue weighted by atomic mass is 16.5. The van der Waals surface area contributed by atoms with Gasteiger partial charge in [-0.1, -0.05) is 30.3 Å². The van der Waals surface area contributed by atoms with Crippen molar-refractivity contribution in [1.82, 2.24) is 25.1 Å². The van der Waals surface area contributed by atoms with E-state index in [9.17, 15) is 4.79 Å². The van der Waals surface area contributed by atoms with Crippen LogP contribution in [0.15, 0.2) is 79.0 Å². The number of H-pyrrole nitrogens is 1. The summed E-state index contributed by atoms with van der Waals surface area (Å²) < 4.78 is 12.5. The van der Waals surface area contributed by atoms with Gasteiger partial charge in [-0.15, -0.1) is 0 Å². The normalized spacial score (nSPS) is 10.9. The topological polar surface area (TPSA) is 94.1 Å². The fraction of sp³-hybridized carbons (Fsp3) is 0.148. The standard InChI is InChI=1S/C27H25N5O3/c1-34-23-13-12-18(16-24(23)35-2)26-20(17-32(31-26)19-8-4-3-5-9-19)27(33)28-15-14-25-29-21-10-6-7-11-22(21)30-25/h3-13,16-17H,14-15H2,1-2H3,(H,28,33)(H,29,30). The van der Waals surface area contributed by atoms with Gasteiger partial charge in [0.25, 0.3) is 5.91 Å². The smallest absolute Gasteiger partial charge is 0.255 e. The van der Waals surface area contributed by atoms with Gasteiger partial charge in [0.2, 0.25) is 0 Å². The number of nitrogens with zero attached hydrogens (tertiary/aromatic N) is 3.